The molecule has 0 spiro atoms. The summed E-state index contributed by atoms with van der Waals surface area (Å²) in [4.78, 5) is 11.9. The lowest BCUT2D eigenvalue weighted by molar-refractivity contribution is 0.239. The van der Waals surface area contributed by atoms with Crippen molar-refractivity contribution in [3.05, 3.63) is 71.5 Å². The summed E-state index contributed by atoms with van der Waals surface area (Å²) >= 11 is 0. The number of nitrogens with one attached hydrogen (secondary N) is 2. The maximum Gasteiger partial charge on any atom is 0.315 e. The van der Waals surface area contributed by atoms with Crippen molar-refractivity contribution >= 4 is 6.03 Å². The summed E-state index contributed by atoms with van der Waals surface area (Å²) in [5.41, 5.74) is 1.84. The van der Waals surface area contributed by atoms with Crippen LogP contribution in [0.4, 0.5) is 9.18 Å². The molecule has 0 atom stereocenters. The van der Waals surface area contributed by atoms with Gasteiger partial charge in [-0.1, -0.05) is 48.5 Å². The standard InChI is InChI=1S/C18H19FN2O/c19-16-9-5-4-6-14(16)12-20-17(22)21-13-18(10-11-18)15-7-2-1-3-8-15/h1-9H,10-13H2,(H2,20,21,22). The summed E-state index contributed by atoms with van der Waals surface area (Å²) in [6.07, 6.45) is 2.18. The van der Waals surface area contributed by atoms with Crippen LogP contribution in [-0.2, 0) is 12.0 Å². The number of hydrogen-bond donors (Lipinski definition) is 2. The third-order valence-corrected chi connectivity index (χ3v) is 4.22. The Morgan fingerprint density at radius 3 is 2.36 bits per heavy atom. The van der Waals surface area contributed by atoms with Crippen LogP contribution in [-0.4, -0.2) is 12.6 Å². The van der Waals surface area contributed by atoms with Gasteiger partial charge in [-0.05, 0) is 24.5 Å². The molecule has 2 amide bonds. The summed E-state index contributed by atoms with van der Waals surface area (Å²) in [6, 6.07) is 16.4. The fourth-order valence-corrected chi connectivity index (χ4v) is 2.64. The fourth-order valence-electron chi connectivity index (χ4n) is 2.64. The minimum absolute atomic E-state index is 0.0800. The Bertz CT molecular complexity index is 653. The van der Waals surface area contributed by atoms with Crippen molar-refractivity contribution in [3.63, 3.8) is 0 Å². The van der Waals surface area contributed by atoms with Gasteiger partial charge in [0.2, 0.25) is 0 Å². The highest BCUT2D eigenvalue weighted by molar-refractivity contribution is 5.74. The van der Waals surface area contributed by atoms with Gasteiger partial charge >= 0.3 is 6.03 Å². The van der Waals surface area contributed by atoms with Gasteiger partial charge in [0.15, 0.2) is 0 Å². The van der Waals surface area contributed by atoms with E-state index in [0.29, 0.717) is 12.1 Å². The van der Waals surface area contributed by atoms with Crippen LogP contribution in [0.3, 0.4) is 0 Å². The molecule has 1 saturated carbocycles. The Morgan fingerprint density at radius 1 is 1.00 bits per heavy atom. The van der Waals surface area contributed by atoms with Crippen molar-refractivity contribution in [1.29, 1.82) is 0 Å². The summed E-state index contributed by atoms with van der Waals surface area (Å²) in [6.45, 7) is 0.803. The Hall–Kier alpha value is -2.36. The van der Waals surface area contributed by atoms with E-state index in [2.05, 4.69) is 22.8 Å². The van der Waals surface area contributed by atoms with E-state index in [1.165, 1.54) is 11.6 Å². The van der Waals surface area contributed by atoms with Crippen molar-refractivity contribution in [3.8, 4) is 0 Å². The first-order valence-corrected chi connectivity index (χ1v) is 7.50. The van der Waals surface area contributed by atoms with Gasteiger partial charge in [0.1, 0.15) is 5.82 Å². The third-order valence-electron chi connectivity index (χ3n) is 4.22. The Labute approximate surface area is 129 Å². The molecule has 0 aromatic heterocycles. The topological polar surface area (TPSA) is 41.1 Å². The maximum absolute atomic E-state index is 13.5. The molecular weight excluding hydrogens is 279 g/mol. The van der Waals surface area contributed by atoms with Crippen LogP contribution in [0.2, 0.25) is 0 Å². The zero-order chi connectivity index (χ0) is 15.4. The Balaban J connectivity index is 1.50. The smallest absolute Gasteiger partial charge is 0.315 e. The molecule has 1 aliphatic carbocycles. The van der Waals surface area contributed by atoms with E-state index in [0.717, 1.165) is 12.8 Å². The molecule has 22 heavy (non-hydrogen) atoms. The number of hydrogen-bond acceptors (Lipinski definition) is 1. The lowest BCUT2D eigenvalue weighted by Gasteiger charge is -2.17. The molecule has 0 bridgehead atoms. The Morgan fingerprint density at radius 2 is 1.68 bits per heavy atom. The predicted octanol–water partition coefficient (Wildman–Crippen LogP) is 3.36. The van der Waals surface area contributed by atoms with Gasteiger partial charge in [-0.2, -0.15) is 0 Å². The van der Waals surface area contributed by atoms with Gasteiger partial charge in [0.05, 0.1) is 0 Å². The van der Waals surface area contributed by atoms with Crippen molar-refractivity contribution in [1.82, 2.24) is 10.6 Å². The maximum atomic E-state index is 13.5. The largest absolute Gasteiger partial charge is 0.337 e. The molecule has 2 aromatic carbocycles. The number of carbonyl (C=O) groups excluding carboxylic acids is 1. The number of carbonyl (C=O) groups is 1. The average Bonchev–Trinajstić information content (AvgIpc) is 3.34. The molecule has 3 nitrogen and oxygen atoms in total. The van der Waals surface area contributed by atoms with Crippen LogP contribution in [0.25, 0.3) is 0 Å². The quantitative estimate of drug-likeness (QED) is 0.873. The van der Waals surface area contributed by atoms with E-state index >= 15 is 0 Å². The molecule has 4 heteroatoms. The molecule has 3 rings (SSSR count). The van der Waals surface area contributed by atoms with Crippen LogP contribution in [0, 0.1) is 5.82 Å². The first kappa shape index (κ1) is 14.6. The van der Waals surface area contributed by atoms with Gasteiger partial charge in [-0.15, -0.1) is 0 Å². The first-order valence-electron chi connectivity index (χ1n) is 7.50. The highest BCUT2D eigenvalue weighted by Crippen LogP contribution is 2.47. The van der Waals surface area contributed by atoms with Crippen LogP contribution < -0.4 is 10.6 Å². The molecule has 0 saturated heterocycles. The SMILES string of the molecule is O=C(NCc1ccccc1F)NCC1(c2ccccc2)CC1. The molecule has 0 aliphatic heterocycles. The highest BCUT2D eigenvalue weighted by Gasteiger charge is 2.44. The molecule has 0 unspecified atom stereocenters. The monoisotopic (exact) mass is 298 g/mol. The Kier molecular flexibility index (Phi) is 4.09. The fraction of sp³-hybridized carbons (Fsp3) is 0.278. The first-order chi connectivity index (χ1) is 10.7. The second-order valence-corrected chi connectivity index (χ2v) is 5.77. The second kappa shape index (κ2) is 6.18. The van der Waals surface area contributed by atoms with Crippen molar-refractivity contribution in [2.24, 2.45) is 0 Å². The number of rotatable bonds is 5. The number of benzene rings is 2. The van der Waals surface area contributed by atoms with Gasteiger partial charge in [-0.3, -0.25) is 0 Å². The minimum atomic E-state index is -0.300. The summed E-state index contributed by atoms with van der Waals surface area (Å²) < 4.78 is 13.5. The molecular formula is C18H19FN2O. The van der Waals surface area contributed by atoms with Crippen LogP contribution in [0.1, 0.15) is 24.0 Å². The zero-order valence-electron chi connectivity index (χ0n) is 12.3. The molecule has 1 aliphatic rings. The molecule has 2 N–H and O–H groups in total. The normalized spacial score (nSPS) is 15.1. The summed E-state index contributed by atoms with van der Waals surface area (Å²) in [5.74, 6) is -0.300. The lowest BCUT2D eigenvalue weighted by Crippen LogP contribution is -2.39. The predicted molar refractivity (Wildman–Crippen MR) is 84.0 cm³/mol. The van der Waals surface area contributed by atoms with Crippen molar-refractivity contribution in [2.45, 2.75) is 24.8 Å². The minimum Gasteiger partial charge on any atom is -0.337 e. The third kappa shape index (κ3) is 3.27. The van der Waals surface area contributed by atoms with E-state index in [-0.39, 0.29) is 23.8 Å². The van der Waals surface area contributed by atoms with Crippen molar-refractivity contribution < 1.29 is 9.18 Å². The van der Waals surface area contributed by atoms with E-state index in [1.54, 1.807) is 18.2 Å². The number of halogens is 1. The van der Waals surface area contributed by atoms with Crippen LogP contribution in [0.5, 0.6) is 0 Å². The van der Waals surface area contributed by atoms with Crippen molar-refractivity contribution in [2.75, 3.05) is 6.54 Å². The highest BCUT2D eigenvalue weighted by atomic mass is 19.1. The number of amides is 2. The van der Waals surface area contributed by atoms with Crippen LogP contribution >= 0.6 is 0 Å². The van der Waals surface area contributed by atoms with E-state index in [1.807, 2.05) is 18.2 Å². The lowest BCUT2D eigenvalue weighted by atomic mass is 9.96. The van der Waals surface area contributed by atoms with Gasteiger partial charge < -0.3 is 10.6 Å². The van der Waals surface area contributed by atoms with Gasteiger partial charge in [0.25, 0.3) is 0 Å². The van der Waals surface area contributed by atoms with E-state index in [9.17, 15) is 9.18 Å². The van der Waals surface area contributed by atoms with Gasteiger partial charge in [-0.25, -0.2) is 9.18 Å². The molecule has 0 heterocycles. The summed E-state index contributed by atoms with van der Waals surface area (Å²) in [5, 5.41) is 5.60. The molecule has 0 radical (unpaired) electrons. The number of urea groups is 1. The summed E-state index contributed by atoms with van der Waals surface area (Å²) in [7, 11) is 0. The van der Waals surface area contributed by atoms with E-state index in [4.69, 9.17) is 0 Å². The van der Waals surface area contributed by atoms with E-state index < -0.39 is 0 Å². The second-order valence-electron chi connectivity index (χ2n) is 5.77. The van der Waals surface area contributed by atoms with Gasteiger partial charge in [0, 0.05) is 24.1 Å². The molecule has 2 aromatic rings. The average molecular weight is 298 g/mol. The molecule has 114 valence electrons. The zero-order valence-corrected chi connectivity index (χ0v) is 12.3. The van der Waals surface area contributed by atoms with Crippen LogP contribution in [0.15, 0.2) is 54.6 Å². The molecule has 1 fully saturated rings.